The van der Waals surface area contributed by atoms with E-state index in [2.05, 4.69) is 13.8 Å². The van der Waals surface area contributed by atoms with Crippen molar-refractivity contribution in [1.82, 2.24) is 0 Å². The number of hydrogen-bond donors (Lipinski definition) is 1. The van der Waals surface area contributed by atoms with Crippen molar-refractivity contribution in [3.05, 3.63) is 11.6 Å². The van der Waals surface area contributed by atoms with Crippen LogP contribution in [0.15, 0.2) is 11.6 Å². The normalized spacial score (nSPS) is 52.7. The molecular formula is C19H28O2. The summed E-state index contributed by atoms with van der Waals surface area (Å²) in [4.78, 5) is 12.9. The van der Waals surface area contributed by atoms with Crippen LogP contribution in [-0.4, -0.2) is 17.0 Å². The van der Waals surface area contributed by atoms with E-state index in [1.54, 1.807) is 0 Å². The Bertz CT molecular complexity index is 508. The van der Waals surface area contributed by atoms with E-state index in [1.807, 2.05) is 6.08 Å². The molecule has 0 unspecified atom stereocenters. The third-order valence-corrected chi connectivity index (χ3v) is 7.81. The second-order valence-corrected chi connectivity index (χ2v) is 8.57. The van der Waals surface area contributed by atoms with E-state index in [1.165, 1.54) is 24.8 Å². The molecule has 2 nitrogen and oxygen atoms in total. The Balaban J connectivity index is 1.76. The summed E-state index contributed by atoms with van der Waals surface area (Å²) >= 11 is 0. The van der Waals surface area contributed by atoms with Gasteiger partial charge in [0.1, 0.15) is 0 Å². The Morgan fingerprint density at radius 2 is 1.90 bits per heavy atom. The summed E-state index contributed by atoms with van der Waals surface area (Å²) in [6.07, 6.45) is 11.0. The molecule has 0 spiro atoms. The molecule has 0 aromatic heterocycles. The maximum atomic E-state index is 12.9. The SMILES string of the molecule is C[C@]12CC[C@H]3[C@@H](C(=O)C=C4CCCC[C@@]43C)[C@@H]1CC[C@@H]2O. The third kappa shape index (κ3) is 1.72. The lowest BCUT2D eigenvalue weighted by molar-refractivity contribution is -0.135. The molecule has 21 heavy (non-hydrogen) atoms. The first-order valence-electron chi connectivity index (χ1n) is 8.90. The Kier molecular flexibility index (Phi) is 2.96. The molecule has 1 N–H and O–H groups in total. The molecule has 0 aliphatic heterocycles. The Morgan fingerprint density at radius 3 is 2.71 bits per heavy atom. The topological polar surface area (TPSA) is 37.3 Å². The minimum absolute atomic E-state index is 0.00675. The quantitative estimate of drug-likeness (QED) is 0.734. The molecule has 116 valence electrons. The molecule has 0 heterocycles. The number of rotatable bonds is 0. The average Bonchev–Trinajstić information content (AvgIpc) is 2.76. The fourth-order valence-corrected chi connectivity index (χ4v) is 6.41. The maximum absolute atomic E-state index is 12.9. The van der Waals surface area contributed by atoms with Gasteiger partial charge in [-0.1, -0.05) is 25.8 Å². The number of fused-ring (bicyclic) bond motifs is 5. The highest BCUT2D eigenvalue weighted by atomic mass is 16.3. The van der Waals surface area contributed by atoms with Crippen LogP contribution in [0.25, 0.3) is 0 Å². The van der Waals surface area contributed by atoms with Crippen molar-refractivity contribution in [3.8, 4) is 0 Å². The van der Waals surface area contributed by atoms with Gasteiger partial charge in [-0.25, -0.2) is 0 Å². The van der Waals surface area contributed by atoms with E-state index >= 15 is 0 Å². The summed E-state index contributed by atoms with van der Waals surface area (Å²) in [6.45, 7) is 4.66. The fraction of sp³-hybridized carbons (Fsp3) is 0.842. The van der Waals surface area contributed by atoms with Gasteiger partial charge in [0, 0.05) is 5.92 Å². The lowest BCUT2D eigenvalue weighted by atomic mass is 9.48. The van der Waals surface area contributed by atoms with Gasteiger partial charge in [-0.3, -0.25) is 4.79 Å². The van der Waals surface area contributed by atoms with Crippen LogP contribution in [-0.2, 0) is 4.79 Å². The van der Waals surface area contributed by atoms with Crippen molar-refractivity contribution in [1.29, 1.82) is 0 Å². The molecule has 6 atom stereocenters. The van der Waals surface area contributed by atoms with Crippen LogP contribution in [0.3, 0.4) is 0 Å². The lowest BCUT2D eigenvalue weighted by Gasteiger charge is -2.56. The van der Waals surface area contributed by atoms with Gasteiger partial charge in [-0.2, -0.15) is 0 Å². The zero-order chi connectivity index (χ0) is 14.8. The third-order valence-electron chi connectivity index (χ3n) is 7.81. The average molecular weight is 288 g/mol. The predicted octanol–water partition coefficient (Wildman–Crippen LogP) is 3.88. The Labute approximate surface area is 128 Å². The molecule has 4 aliphatic carbocycles. The van der Waals surface area contributed by atoms with E-state index in [0.29, 0.717) is 17.6 Å². The molecule has 0 aromatic carbocycles. The number of hydrogen-bond acceptors (Lipinski definition) is 2. The number of aliphatic hydroxyl groups excluding tert-OH is 1. The first-order valence-corrected chi connectivity index (χ1v) is 8.90. The van der Waals surface area contributed by atoms with E-state index in [4.69, 9.17) is 0 Å². The van der Waals surface area contributed by atoms with Crippen molar-refractivity contribution in [3.63, 3.8) is 0 Å². The van der Waals surface area contributed by atoms with Gasteiger partial charge in [0.2, 0.25) is 0 Å². The first-order chi connectivity index (χ1) is 9.97. The molecule has 0 radical (unpaired) electrons. The van der Waals surface area contributed by atoms with E-state index in [-0.39, 0.29) is 22.9 Å². The van der Waals surface area contributed by atoms with Gasteiger partial charge in [0.15, 0.2) is 5.78 Å². The summed E-state index contributed by atoms with van der Waals surface area (Å²) in [7, 11) is 0. The Morgan fingerprint density at radius 1 is 1.10 bits per heavy atom. The minimum Gasteiger partial charge on any atom is -0.393 e. The molecule has 3 fully saturated rings. The molecule has 0 saturated heterocycles. The molecular weight excluding hydrogens is 260 g/mol. The second-order valence-electron chi connectivity index (χ2n) is 8.57. The summed E-state index contributed by atoms with van der Waals surface area (Å²) in [6, 6.07) is 0. The van der Waals surface area contributed by atoms with E-state index in [9.17, 15) is 9.90 Å². The predicted molar refractivity (Wildman–Crippen MR) is 82.7 cm³/mol. The zero-order valence-electron chi connectivity index (χ0n) is 13.4. The molecule has 3 saturated carbocycles. The largest absolute Gasteiger partial charge is 0.393 e. The van der Waals surface area contributed by atoms with Crippen LogP contribution >= 0.6 is 0 Å². The molecule has 2 heteroatoms. The number of ketones is 1. The number of allylic oxidation sites excluding steroid dienone is 2. The highest BCUT2D eigenvalue weighted by Crippen LogP contribution is 2.63. The van der Waals surface area contributed by atoms with Gasteiger partial charge < -0.3 is 5.11 Å². The van der Waals surface area contributed by atoms with Crippen molar-refractivity contribution in [2.45, 2.75) is 71.3 Å². The highest BCUT2D eigenvalue weighted by molar-refractivity contribution is 5.94. The molecule has 0 amide bonds. The minimum atomic E-state index is -0.194. The zero-order valence-corrected chi connectivity index (χ0v) is 13.4. The standard InChI is InChI=1S/C19H28O2/c1-18-9-4-3-5-12(18)11-15(20)17-13-6-7-16(21)19(13,2)10-8-14(17)18/h11,13-14,16-17,21H,3-10H2,1-2H3/t13-,14-,16-,17-,18-,19-/m0/s1. The van der Waals surface area contributed by atoms with Gasteiger partial charge in [-0.05, 0) is 73.7 Å². The number of carbonyl (C=O) groups excluding carboxylic acids is 1. The lowest BCUT2D eigenvalue weighted by Crippen LogP contribution is -2.53. The summed E-state index contributed by atoms with van der Waals surface area (Å²) in [5.74, 6) is 1.52. The summed E-state index contributed by atoms with van der Waals surface area (Å²) in [5.41, 5.74) is 1.71. The van der Waals surface area contributed by atoms with Crippen molar-refractivity contribution in [2.75, 3.05) is 0 Å². The van der Waals surface area contributed by atoms with Crippen LogP contribution in [0.2, 0.25) is 0 Å². The van der Waals surface area contributed by atoms with Crippen LogP contribution in [0.4, 0.5) is 0 Å². The van der Waals surface area contributed by atoms with E-state index < -0.39 is 0 Å². The molecule has 0 bridgehead atoms. The second kappa shape index (κ2) is 4.44. The van der Waals surface area contributed by atoms with Gasteiger partial charge in [0.05, 0.1) is 6.10 Å². The van der Waals surface area contributed by atoms with Crippen molar-refractivity contribution >= 4 is 5.78 Å². The monoisotopic (exact) mass is 288 g/mol. The van der Waals surface area contributed by atoms with Crippen LogP contribution < -0.4 is 0 Å². The Hall–Kier alpha value is -0.630. The van der Waals surface area contributed by atoms with Crippen LogP contribution in [0.5, 0.6) is 0 Å². The first kappa shape index (κ1) is 14.0. The maximum Gasteiger partial charge on any atom is 0.159 e. The highest BCUT2D eigenvalue weighted by Gasteiger charge is 2.60. The number of aliphatic hydroxyl groups is 1. The molecule has 4 aliphatic rings. The van der Waals surface area contributed by atoms with Gasteiger partial charge in [0.25, 0.3) is 0 Å². The van der Waals surface area contributed by atoms with Crippen molar-refractivity contribution in [2.24, 2.45) is 28.6 Å². The van der Waals surface area contributed by atoms with Gasteiger partial charge >= 0.3 is 0 Å². The number of carbonyl (C=O) groups is 1. The molecule has 4 rings (SSSR count). The summed E-state index contributed by atoms with van der Waals surface area (Å²) in [5, 5.41) is 10.4. The van der Waals surface area contributed by atoms with Gasteiger partial charge in [-0.15, -0.1) is 0 Å². The smallest absolute Gasteiger partial charge is 0.159 e. The van der Waals surface area contributed by atoms with Crippen molar-refractivity contribution < 1.29 is 9.90 Å². The van der Waals surface area contributed by atoms with E-state index in [0.717, 1.165) is 32.1 Å². The molecule has 0 aromatic rings. The van der Waals surface area contributed by atoms with Crippen LogP contribution in [0.1, 0.15) is 65.2 Å². The van der Waals surface area contributed by atoms with Crippen LogP contribution in [0, 0.1) is 28.6 Å². The summed E-state index contributed by atoms with van der Waals surface area (Å²) < 4.78 is 0. The fourth-order valence-electron chi connectivity index (χ4n) is 6.41.